The Hall–Kier alpha value is -2.11. The van der Waals surface area contributed by atoms with E-state index in [1.54, 1.807) is 12.1 Å². The number of benzene rings is 1. The molecule has 0 saturated heterocycles. The van der Waals surface area contributed by atoms with E-state index in [1.165, 1.54) is 12.1 Å². The van der Waals surface area contributed by atoms with Crippen LogP contribution in [0.15, 0.2) is 24.3 Å². The minimum Gasteiger partial charge on any atom is -0.352 e. The lowest BCUT2D eigenvalue weighted by atomic mass is 10.2. The minimum absolute atomic E-state index is 0.0211. The third-order valence-corrected chi connectivity index (χ3v) is 1.61. The van der Waals surface area contributed by atoms with Crippen molar-refractivity contribution in [1.29, 1.82) is 0 Å². The SMILES string of the molecule is NC(=O)NCc1ccc([N+](=O)[O-])cc1. The number of carbonyl (C=O) groups is 1. The summed E-state index contributed by atoms with van der Waals surface area (Å²) in [5.41, 5.74) is 5.64. The first-order valence-electron chi connectivity index (χ1n) is 3.86. The van der Waals surface area contributed by atoms with Gasteiger partial charge in [-0.15, -0.1) is 0 Å². The number of rotatable bonds is 3. The maximum Gasteiger partial charge on any atom is 0.312 e. The summed E-state index contributed by atoms with van der Waals surface area (Å²) in [6.07, 6.45) is 0. The Kier molecular flexibility index (Phi) is 3.01. The van der Waals surface area contributed by atoms with E-state index in [1.807, 2.05) is 0 Å². The van der Waals surface area contributed by atoms with Crippen LogP contribution in [0.2, 0.25) is 0 Å². The lowest BCUT2D eigenvalue weighted by Gasteiger charge is -2.00. The van der Waals surface area contributed by atoms with E-state index in [0.29, 0.717) is 0 Å². The van der Waals surface area contributed by atoms with Crippen molar-refractivity contribution in [3.8, 4) is 0 Å². The molecule has 14 heavy (non-hydrogen) atoms. The maximum absolute atomic E-state index is 10.4. The monoisotopic (exact) mass is 195 g/mol. The summed E-state index contributed by atoms with van der Waals surface area (Å²) in [5.74, 6) is 0. The standard InChI is InChI=1S/C8H9N3O3/c9-8(12)10-5-6-1-3-7(4-2-6)11(13)14/h1-4H,5H2,(H3,9,10,12). The average molecular weight is 195 g/mol. The Bertz CT molecular complexity index is 347. The quantitative estimate of drug-likeness (QED) is 0.550. The van der Waals surface area contributed by atoms with Crippen LogP contribution in [-0.4, -0.2) is 11.0 Å². The van der Waals surface area contributed by atoms with Crippen LogP contribution in [0.5, 0.6) is 0 Å². The number of nitrogens with two attached hydrogens (primary N) is 1. The molecule has 1 rings (SSSR count). The van der Waals surface area contributed by atoms with Gasteiger partial charge in [-0.2, -0.15) is 0 Å². The number of nitrogens with zero attached hydrogens (tertiary/aromatic N) is 1. The van der Waals surface area contributed by atoms with Crippen LogP contribution in [-0.2, 0) is 6.54 Å². The number of amides is 2. The minimum atomic E-state index is -0.622. The smallest absolute Gasteiger partial charge is 0.312 e. The molecule has 0 aliphatic carbocycles. The first-order valence-corrected chi connectivity index (χ1v) is 3.86. The number of non-ortho nitro benzene ring substituents is 1. The maximum atomic E-state index is 10.4. The highest BCUT2D eigenvalue weighted by atomic mass is 16.6. The molecular weight excluding hydrogens is 186 g/mol. The van der Waals surface area contributed by atoms with Gasteiger partial charge in [0.15, 0.2) is 0 Å². The van der Waals surface area contributed by atoms with Crippen molar-refractivity contribution in [2.75, 3.05) is 0 Å². The van der Waals surface area contributed by atoms with Gasteiger partial charge < -0.3 is 11.1 Å². The summed E-state index contributed by atoms with van der Waals surface area (Å²) in [6, 6.07) is 5.25. The predicted octanol–water partition coefficient (Wildman–Crippen LogP) is 0.763. The highest BCUT2D eigenvalue weighted by Gasteiger charge is 2.03. The highest BCUT2D eigenvalue weighted by Crippen LogP contribution is 2.11. The fourth-order valence-corrected chi connectivity index (χ4v) is 0.925. The molecule has 1 aromatic rings. The third-order valence-electron chi connectivity index (χ3n) is 1.61. The molecule has 2 amide bonds. The van der Waals surface area contributed by atoms with Crippen molar-refractivity contribution in [3.63, 3.8) is 0 Å². The molecule has 0 aromatic heterocycles. The van der Waals surface area contributed by atoms with Gasteiger partial charge in [0.2, 0.25) is 0 Å². The lowest BCUT2D eigenvalue weighted by molar-refractivity contribution is -0.384. The molecule has 3 N–H and O–H groups in total. The number of nitro groups is 1. The third kappa shape index (κ3) is 2.74. The first kappa shape index (κ1) is 9.97. The van der Waals surface area contributed by atoms with E-state index in [2.05, 4.69) is 5.32 Å². The van der Waals surface area contributed by atoms with Crippen molar-refractivity contribution >= 4 is 11.7 Å². The molecule has 0 fully saturated rings. The molecule has 0 heterocycles. The number of nitro benzene ring substituents is 1. The van der Waals surface area contributed by atoms with Gasteiger partial charge >= 0.3 is 6.03 Å². The van der Waals surface area contributed by atoms with Gasteiger partial charge in [0, 0.05) is 18.7 Å². The number of carbonyl (C=O) groups excluding carboxylic acids is 1. The topological polar surface area (TPSA) is 98.3 Å². The molecular formula is C8H9N3O3. The molecule has 6 nitrogen and oxygen atoms in total. The van der Waals surface area contributed by atoms with E-state index < -0.39 is 11.0 Å². The van der Waals surface area contributed by atoms with Crippen molar-refractivity contribution in [2.24, 2.45) is 5.73 Å². The fourth-order valence-electron chi connectivity index (χ4n) is 0.925. The van der Waals surface area contributed by atoms with E-state index >= 15 is 0 Å². The summed E-state index contributed by atoms with van der Waals surface area (Å²) in [7, 11) is 0. The van der Waals surface area contributed by atoms with Gasteiger partial charge in [-0.3, -0.25) is 10.1 Å². The summed E-state index contributed by atoms with van der Waals surface area (Å²) in [6.45, 7) is 0.271. The summed E-state index contributed by atoms with van der Waals surface area (Å²) in [4.78, 5) is 20.2. The summed E-state index contributed by atoms with van der Waals surface area (Å²) >= 11 is 0. The Morgan fingerprint density at radius 3 is 2.43 bits per heavy atom. The van der Waals surface area contributed by atoms with Crippen LogP contribution < -0.4 is 11.1 Å². The van der Waals surface area contributed by atoms with E-state index in [9.17, 15) is 14.9 Å². The molecule has 0 atom stereocenters. The van der Waals surface area contributed by atoms with Crippen LogP contribution in [0.25, 0.3) is 0 Å². The predicted molar refractivity (Wildman–Crippen MR) is 49.5 cm³/mol. The summed E-state index contributed by atoms with van der Waals surface area (Å²) in [5, 5.41) is 12.7. The van der Waals surface area contributed by atoms with E-state index in [4.69, 9.17) is 5.73 Å². The van der Waals surface area contributed by atoms with Crippen molar-refractivity contribution in [1.82, 2.24) is 5.32 Å². The molecule has 0 aliphatic rings. The van der Waals surface area contributed by atoms with E-state index in [0.717, 1.165) is 5.56 Å². The number of hydrogen-bond acceptors (Lipinski definition) is 3. The Balaban J connectivity index is 2.64. The zero-order valence-electron chi connectivity index (χ0n) is 7.27. The molecule has 0 radical (unpaired) electrons. The number of urea groups is 1. The normalized spacial score (nSPS) is 9.43. The molecule has 1 aromatic carbocycles. The second-order valence-corrected chi connectivity index (χ2v) is 2.64. The Morgan fingerprint density at radius 1 is 1.43 bits per heavy atom. The van der Waals surface area contributed by atoms with Crippen LogP contribution in [0.4, 0.5) is 10.5 Å². The molecule has 0 unspecified atom stereocenters. The van der Waals surface area contributed by atoms with Crippen molar-refractivity contribution in [3.05, 3.63) is 39.9 Å². The van der Waals surface area contributed by atoms with Crippen LogP contribution >= 0.6 is 0 Å². The Labute approximate surface area is 79.9 Å². The largest absolute Gasteiger partial charge is 0.352 e. The molecule has 0 bridgehead atoms. The van der Waals surface area contributed by atoms with Crippen LogP contribution in [0.1, 0.15) is 5.56 Å². The van der Waals surface area contributed by atoms with Gasteiger partial charge in [-0.25, -0.2) is 4.79 Å². The number of primary amides is 1. The zero-order chi connectivity index (χ0) is 10.6. The number of hydrogen-bond donors (Lipinski definition) is 2. The van der Waals surface area contributed by atoms with Gasteiger partial charge in [-0.05, 0) is 5.56 Å². The van der Waals surface area contributed by atoms with Gasteiger partial charge in [0.1, 0.15) is 0 Å². The van der Waals surface area contributed by atoms with Crippen molar-refractivity contribution < 1.29 is 9.72 Å². The van der Waals surface area contributed by atoms with Gasteiger partial charge in [0.25, 0.3) is 5.69 Å². The first-order chi connectivity index (χ1) is 6.59. The van der Waals surface area contributed by atoms with Crippen LogP contribution in [0, 0.1) is 10.1 Å². The highest BCUT2D eigenvalue weighted by molar-refractivity contribution is 5.71. The van der Waals surface area contributed by atoms with Gasteiger partial charge in [-0.1, -0.05) is 12.1 Å². The second kappa shape index (κ2) is 4.22. The molecule has 0 saturated carbocycles. The lowest BCUT2D eigenvalue weighted by Crippen LogP contribution is -2.28. The van der Waals surface area contributed by atoms with Gasteiger partial charge in [0.05, 0.1) is 4.92 Å². The molecule has 6 heteroatoms. The molecule has 0 aliphatic heterocycles. The second-order valence-electron chi connectivity index (χ2n) is 2.64. The van der Waals surface area contributed by atoms with Crippen LogP contribution in [0.3, 0.4) is 0 Å². The van der Waals surface area contributed by atoms with E-state index in [-0.39, 0.29) is 12.2 Å². The zero-order valence-corrected chi connectivity index (χ0v) is 7.27. The number of nitrogens with one attached hydrogen (secondary N) is 1. The summed E-state index contributed by atoms with van der Waals surface area (Å²) < 4.78 is 0. The van der Waals surface area contributed by atoms with Crippen molar-refractivity contribution in [2.45, 2.75) is 6.54 Å². The average Bonchev–Trinajstić information content (AvgIpc) is 2.15. The Morgan fingerprint density at radius 2 is 2.00 bits per heavy atom. The molecule has 74 valence electrons. The molecule has 0 spiro atoms. The fraction of sp³-hybridized carbons (Fsp3) is 0.125.